The molecule has 1 unspecified atom stereocenters. The van der Waals surface area contributed by atoms with Crippen LogP contribution >= 0.6 is 0 Å². The summed E-state index contributed by atoms with van der Waals surface area (Å²) in [6, 6.07) is 0. The number of nitrogens with zero attached hydrogens (tertiary/aromatic N) is 1. The molecule has 0 spiro atoms. The molecular formula is C7H17NO4S2. The van der Waals surface area contributed by atoms with E-state index in [0.717, 1.165) is 25.5 Å². The summed E-state index contributed by atoms with van der Waals surface area (Å²) >= 11 is -2.43. The first-order valence-electron chi connectivity index (χ1n) is 4.48. The van der Waals surface area contributed by atoms with Gasteiger partial charge >= 0.3 is 0 Å². The highest BCUT2D eigenvalue weighted by molar-refractivity contribution is 7.98. The largest absolute Gasteiger partial charge is 0.293 e. The Morgan fingerprint density at radius 2 is 1.86 bits per heavy atom. The lowest BCUT2D eigenvalue weighted by Crippen LogP contribution is -2.32. The lowest BCUT2D eigenvalue weighted by Gasteiger charge is -2.14. The van der Waals surface area contributed by atoms with Crippen LogP contribution in [0.15, 0.2) is 0 Å². The third kappa shape index (κ3) is 5.69. The van der Waals surface area contributed by atoms with Gasteiger partial charge < -0.3 is 0 Å². The Morgan fingerprint density at radius 3 is 2.21 bits per heavy atom. The topological polar surface area (TPSA) is 74.7 Å². The Morgan fingerprint density at radius 1 is 1.29 bits per heavy atom. The van der Waals surface area contributed by atoms with E-state index in [0.29, 0.717) is 10.1 Å². The molecule has 0 aliphatic rings. The first-order valence-corrected chi connectivity index (χ1v) is 7.39. The molecule has 0 amide bonds. The molecule has 0 radical (unpaired) electrons. The molecule has 0 aliphatic carbocycles. The quantitative estimate of drug-likeness (QED) is 0.534. The van der Waals surface area contributed by atoms with Crippen LogP contribution in [0.3, 0.4) is 0 Å². The number of hydrogen-bond acceptors (Lipinski definition) is 3. The molecule has 0 saturated carbocycles. The Labute approximate surface area is 88.0 Å². The molecule has 0 fully saturated rings. The molecule has 0 rings (SSSR count). The van der Waals surface area contributed by atoms with Gasteiger partial charge in [0.15, 0.2) is 0 Å². The van der Waals surface area contributed by atoms with Crippen molar-refractivity contribution in [1.29, 1.82) is 0 Å². The Kier molecular flexibility index (Phi) is 6.50. The summed E-state index contributed by atoms with van der Waals surface area (Å²) in [4.78, 5) is 0. The second kappa shape index (κ2) is 6.49. The predicted molar refractivity (Wildman–Crippen MR) is 56.5 cm³/mol. The van der Waals surface area contributed by atoms with Crippen LogP contribution in [0.4, 0.5) is 0 Å². The van der Waals surface area contributed by atoms with Gasteiger partial charge in [-0.15, -0.1) is 0 Å². The summed E-state index contributed by atoms with van der Waals surface area (Å²) in [5.74, 6) is 0. The van der Waals surface area contributed by atoms with Crippen molar-refractivity contribution in [1.82, 2.24) is 3.71 Å². The van der Waals surface area contributed by atoms with Gasteiger partial charge in [-0.05, 0) is 6.42 Å². The van der Waals surface area contributed by atoms with Crippen molar-refractivity contribution in [3.8, 4) is 0 Å². The molecule has 1 N–H and O–H groups in total. The van der Waals surface area contributed by atoms with Crippen LogP contribution in [0.1, 0.15) is 32.6 Å². The molecule has 0 aromatic rings. The fraction of sp³-hybridized carbons (Fsp3) is 1.00. The van der Waals surface area contributed by atoms with Crippen LogP contribution in [-0.2, 0) is 21.3 Å². The lowest BCUT2D eigenvalue weighted by atomic mass is 10.2. The van der Waals surface area contributed by atoms with Crippen molar-refractivity contribution < 1.29 is 17.2 Å². The zero-order valence-corrected chi connectivity index (χ0v) is 10.1. The van der Waals surface area contributed by atoms with Crippen LogP contribution < -0.4 is 0 Å². The summed E-state index contributed by atoms with van der Waals surface area (Å²) in [5.41, 5.74) is 0. The number of hydrogen-bond donors (Lipinski definition) is 1. The van der Waals surface area contributed by atoms with Crippen LogP contribution in [-0.4, -0.2) is 33.7 Å². The van der Waals surface area contributed by atoms with E-state index in [1.165, 1.54) is 0 Å². The lowest BCUT2D eigenvalue weighted by molar-refractivity contribution is 0.469. The summed E-state index contributed by atoms with van der Waals surface area (Å²) < 4.78 is 42.0. The Balaban J connectivity index is 4.07. The number of rotatable bonds is 7. The highest BCUT2D eigenvalue weighted by Crippen LogP contribution is 2.06. The maximum absolute atomic E-state index is 11.0. The van der Waals surface area contributed by atoms with Gasteiger partial charge in [0.2, 0.25) is 21.3 Å². The van der Waals surface area contributed by atoms with E-state index < -0.39 is 21.3 Å². The van der Waals surface area contributed by atoms with Gasteiger partial charge in [0, 0.05) is 6.54 Å². The highest BCUT2D eigenvalue weighted by atomic mass is 32.3. The third-order valence-electron chi connectivity index (χ3n) is 1.74. The second-order valence-electron chi connectivity index (χ2n) is 3.08. The van der Waals surface area contributed by atoms with E-state index in [-0.39, 0.29) is 6.54 Å². The molecule has 5 nitrogen and oxygen atoms in total. The molecule has 0 saturated heterocycles. The fourth-order valence-corrected chi connectivity index (χ4v) is 2.70. The zero-order valence-electron chi connectivity index (χ0n) is 8.47. The van der Waals surface area contributed by atoms with Crippen LogP contribution in [0.5, 0.6) is 0 Å². The summed E-state index contributed by atoms with van der Waals surface area (Å²) in [6.45, 7) is 2.15. The molecule has 0 bridgehead atoms. The monoisotopic (exact) mass is 243 g/mol. The second-order valence-corrected chi connectivity index (χ2v) is 6.12. The number of sulfonamides is 1. The van der Waals surface area contributed by atoms with E-state index in [9.17, 15) is 12.6 Å². The first-order chi connectivity index (χ1) is 6.39. The van der Waals surface area contributed by atoms with Gasteiger partial charge in [-0.3, -0.25) is 4.55 Å². The van der Waals surface area contributed by atoms with Gasteiger partial charge in [0.05, 0.1) is 6.26 Å². The van der Waals surface area contributed by atoms with Crippen molar-refractivity contribution >= 4 is 21.3 Å². The van der Waals surface area contributed by atoms with Crippen molar-refractivity contribution in [2.45, 2.75) is 32.6 Å². The van der Waals surface area contributed by atoms with Crippen LogP contribution in [0, 0.1) is 0 Å². The maximum atomic E-state index is 11.0. The Bertz CT molecular complexity index is 275. The molecule has 0 aliphatic heterocycles. The van der Waals surface area contributed by atoms with Gasteiger partial charge in [-0.25, -0.2) is 12.6 Å². The minimum absolute atomic E-state index is 0.113. The third-order valence-corrected chi connectivity index (χ3v) is 4.39. The smallest absolute Gasteiger partial charge is 0.248 e. The molecular weight excluding hydrogens is 226 g/mol. The first kappa shape index (κ1) is 14.0. The van der Waals surface area contributed by atoms with Crippen molar-refractivity contribution in [2.24, 2.45) is 0 Å². The van der Waals surface area contributed by atoms with Gasteiger partial charge in [0.1, 0.15) is 0 Å². The van der Waals surface area contributed by atoms with E-state index >= 15 is 0 Å². The molecule has 0 aromatic heterocycles. The van der Waals surface area contributed by atoms with E-state index in [2.05, 4.69) is 0 Å². The van der Waals surface area contributed by atoms with E-state index in [4.69, 9.17) is 4.55 Å². The molecule has 0 heterocycles. The maximum Gasteiger partial charge on any atom is 0.248 e. The Hall–Kier alpha value is 0.0200. The predicted octanol–water partition coefficient (Wildman–Crippen LogP) is 0.965. The van der Waals surface area contributed by atoms with Crippen molar-refractivity contribution in [3.63, 3.8) is 0 Å². The zero-order chi connectivity index (χ0) is 11.2. The molecule has 7 heteroatoms. The van der Waals surface area contributed by atoms with Crippen LogP contribution in [0.2, 0.25) is 0 Å². The van der Waals surface area contributed by atoms with Crippen molar-refractivity contribution in [2.75, 3.05) is 12.8 Å². The van der Waals surface area contributed by atoms with Gasteiger partial charge in [0.25, 0.3) is 0 Å². The highest BCUT2D eigenvalue weighted by Gasteiger charge is 2.21. The fourth-order valence-electron chi connectivity index (χ4n) is 1.03. The SMILES string of the molecule is CCCCCCN(S(=O)O)S(C)(=O)=O. The number of unbranched alkanes of at least 4 members (excludes halogenated alkanes) is 3. The minimum atomic E-state index is -3.57. The summed E-state index contributed by atoms with van der Waals surface area (Å²) in [7, 11) is -3.57. The van der Waals surface area contributed by atoms with E-state index in [1.807, 2.05) is 6.92 Å². The van der Waals surface area contributed by atoms with Crippen molar-refractivity contribution in [3.05, 3.63) is 0 Å². The average Bonchev–Trinajstić information content (AvgIpc) is 2.01. The van der Waals surface area contributed by atoms with E-state index in [1.54, 1.807) is 0 Å². The van der Waals surface area contributed by atoms with Gasteiger partial charge in [-0.2, -0.15) is 0 Å². The standard InChI is InChI=1S/C7H17NO4S2/c1-3-4-5-6-7-8(13(9)10)14(2,11)12/h3-7H2,1-2H3,(H,9,10). The van der Waals surface area contributed by atoms with Crippen LogP contribution in [0.25, 0.3) is 0 Å². The molecule has 14 heavy (non-hydrogen) atoms. The van der Waals surface area contributed by atoms with Gasteiger partial charge in [-0.1, -0.05) is 29.9 Å². The summed E-state index contributed by atoms with van der Waals surface area (Å²) in [5, 5.41) is 0. The molecule has 86 valence electrons. The normalized spacial score (nSPS) is 14.6. The summed E-state index contributed by atoms with van der Waals surface area (Å²) in [6.07, 6.45) is 4.48. The molecule has 1 atom stereocenters. The minimum Gasteiger partial charge on any atom is -0.293 e. The average molecular weight is 243 g/mol. The molecule has 0 aromatic carbocycles.